The van der Waals surface area contributed by atoms with Crippen LogP contribution in [0, 0.1) is 0 Å². The molecular formula is C20H22ClN3O4S. The smallest absolute Gasteiger partial charge is 0.254 e. The Morgan fingerprint density at radius 3 is 2.66 bits per heavy atom. The highest BCUT2D eigenvalue weighted by atomic mass is 35.5. The van der Waals surface area contributed by atoms with Gasteiger partial charge in [0, 0.05) is 36.8 Å². The number of halogens is 1. The van der Waals surface area contributed by atoms with Gasteiger partial charge in [0.2, 0.25) is 15.9 Å². The molecule has 9 heteroatoms. The number of hydrogen-bond donors (Lipinski definition) is 1. The molecule has 1 N–H and O–H groups in total. The number of carbonyl (C=O) groups excluding carboxylic acids is 2. The van der Waals surface area contributed by atoms with Crippen molar-refractivity contribution in [1.82, 2.24) is 14.5 Å². The molecule has 0 atom stereocenters. The van der Waals surface area contributed by atoms with Gasteiger partial charge in [-0.15, -0.1) is 0 Å². The van der Waals surface area contributed by atoms with Gasteiger partial charge in [0.1, 0.15) is 0 Å². The molecule has 0 unspecified atom stereocenters. The average molecular weight is 436 g/mol. The molecule has 1 aliphatic heterocycles. The normalized spacial score (nSPS) is 15.0. The molecule has 1 saturated heterocycles. The molecule has 3 rings (SSSR count). The van der Waals surface area contributed by atoms with Gasteiger partial charge < -0.3 is 10.2 Å². The van der Waals surface area contributed by atoms with E-state index in [4.69, 9.17) is 11.6 Å². The average Bonchev–Trinajstić information content (AvgIpc) is 2.73. The quantitative estimate of drug-likeness (QED) is 0.753. The summed E-state index contributed by atoms with van der Waals surface area (Å²) in [7, 11) is -3.87. The minimum absolute atomic E-state index is 0.00755. The first-order valence-electron chi connectivity index (χ1n) is 9.22. The molecule has 2 aromatic carbocycles. The molecule has 29 heavy (non-hydrogen) atoms. The van der Waals surface area contributed by atoms with Gasteiger partial charge in [-0.3, -0.25) is 9.59 Å². The fourth-order valence-electron chi connectivity index (χ4n) is 3.10. The van der Waals surface area contributed by atoms with Crippen molar-refractivity contribution in [2.75, 3.05) is 26.2 Å². The Labute approximate surface area is 175 Å². The standard InChI is InChI=1S/C20H22ClN3O4S/c1-2-23(13-16-6-3-4-9-18(16)21)20(26)15-7-5-8-17(12-15)29(27,28)24-11-10-22-19(25)14-24/h3-9,12H,2,10-11,13-14H2,1H3,(H,22,25). The number of piperazine rings is 1. The van der Waals surface area contributed by atoms with Crippen molar-refractivity contribution in [3.05, 3.63) is 64.7 Å². The van der Waals surface area contributed by atoms with Crippen LogP contribution in [0.25, 0.3) is 0 Å². The maximum absolute atomic E-state index is 13.0. The number of hydrogen-bond acceptors (Lipinski definition) is 4. The lowest BCUT2D eigenvalue weighted by Crippen LogP contribution is -2.49. The summed E-state index contributed by atoms with van der Waals surface area (Å²) in [6.45, 7) is 2.83. The second-order valence-electron chi connectivity index (χ2n) is 6.63. The third kappa shape index (κ3) is 4.77. The minimum Gasteiger partial charge on any atom is -0.354 e. The summed E-state index contributed by atoms with van der Waals surface area (Å²) in [4.78, 5) is 26.2. The lowest BCUT2D eigenvalue weighted by atomic mass is 10.1. The predicted molar refractivity (Wildman–Crippen MR) is 110 cm³/mol. The maximum atomic E-state index is 13.0. The Balaban J connectivity index is 1.84. The van der Waals surface area contributed by atoms with Crippen LogP contribution in [0.3, 0.4) is 0 Å². The topological polar surface area (TPSA) is 86.8 Å². The molecule has 0 aromatic heterocycles. The molecule has 1 heterocycles. The van der Waals surface area contributed by atoms with E-state index in [-0.39, 0.29) is 41.9 Å². The highest BCUT2D eigenvalue weighted by Crippen LogP contribution is 2.21. The number of carbonyl (C=O) groups is 2. The van der Waals surface area contributed by atoms with Crippen molar-refractivity contribution < 1.29 is 18.0 Å². The lowest BCUT2D eigenvalue weighted by molar-refractivity contribution is -0.122. The van der Waals surface area contributed by atoms with Crippen molar-refractivity contribution in [2.24, 2.45) is 0 Å². The number of nitrogens with zero attached hydrogens (tertiary/aromatic N) is 2. The zero-order valence-corrected chi connectivity index (χ0v) is 17.5. The third-order valence-corrected chi connectivity index (χ3v) is 6.92. The van der Waals surface area contributed by atoms with Crippen LogP contribution in [0.2, 0.25) is 5.02 Å². The van der Waals surface area contributed by atoms with Gasteiger partial charge in [-0.1, -0.05) is 35.9 Å². The van der Waals surface area contributed by atoms with Crippen LogP contribution >= 0.6 is 11.6 Å². The summed E-state index contributed by atoms with van der Waals surface area (Å²) < 4.78 is 26.9. The molecule has 2 amide bonds. The van der Waals surface area contributed by atoms with Crippen LogP contribution in [-0.4, -0.2) is 55.6 Å². The summed E-state index contributed by atoms with van der Waals surface area (Å²) in [6, 6.07) is 13.2. The predicted octanol–water partition coefficient (Wildman–Crippen LogP) is 2.12. The number of rotatable bonds is 6. The van der Waals surface area contributed by atoms with E-state index in [9.17, 15) is 18.0 Å². The van der Waals surface area contributed by atoms with Crippen LogP contribution in [-0.2, 0) is 21.4 Å². The van der Waals surface area contributed by atoms with Crippen LogP contribution in [0.4, 0.5) is 0 Å². The molecule has 1 fully saturated rings. The van der Waals surface area contributed by atoms with E-state index < -0.39 is 10.0 Å². The largest absolute Gasteiger partial charge is 0.354 e. The second-order valence-corrected chi connectivity index (χ2v) is 8.97. The van der Waals surface area contributed by atoms with Gasteiger partial charge in [0.15, 0.2) is 0 Å². The molecule has 0 saturated carbocycles. The van der Waals surface area contributed by atoms with Gasteiger partial charge >= 0.3 is 0 Å². The van der Waals surface area contributed by atoms with E-state index in [2.05, 4.69) is 5.32 Å². The number of sulfonamides is 1. The Morgan fingerprint density at radius 2 is 1.97 bits per heavy atom. The van der Waals surface area contributed by atoms with E-state index >= 15 is 0 Å². The molecule has 0 bridgehead atoms. The van der Waals surface area contributed by atoms with Gasteiger partial charge in [-0.2, -0.15) is 4.31 Å². The van der Waals surface area contributed by atoms with Crippen molar-refractivity contribution in [2.45, 2.75) is 18.4 Å². The van der Waals surface area contributed by atoms with Gasteiger partial charge in [0.25, 0.3) is 5.91 Å². The fourth-order valence-corrected chi connectivity index (χ4v) is 4.74. The molecule has 0 radical (unpaired) electrons. The molecule has 154 valence electrons. The summed E-state index contributed by atoms with van der Waals surface area (Å²) in [5, 5.41) is 3.17. The number of nitrogens with one attached hydrogen (secondary N) is 1. The Bertz CT molecular complexity index is 1030. The number of benzene rings is 2. The Hall–Kier alpha value is -2.42. The van der Waals surface area contributed by atoms with Gasteiger partial charge in [0.05, 0.1) is 11.4 Å². The minimum atomic E-state index is -3.87. The molecule has 2 aromatic rings. The second kappa shape index (κ2) is 8.94. The molecule has 7 nitrogen and oxygen atoms in total. The van der Waals surface area contributed by atoms with Gasteiger partial charge in [-0.25, -0.2) is 8.42 Å². The lowest BCUT2D eigenvalue weighted by Gasteiger charge is -2.26. The maximum Gasteiger partial charge on any atom is 0.254 e. The van der Waals surface area contributed by atoms with Crippen molar-refractivity contribution in [3.63, 3.8) is 0 Å². The monoisotopic (exact) mass is 435 g/mol. The van der Waals surface area contributed by atoms with Crippen LogP contribution in [0.1, 0.15) is 22.8 Å². The first kappa shape index (κ1) is 21.3. The molecule has 0 spiro atoms. The Morgan fingerprint density at radius 1 is 1.21 bits per heavy atom. The summed E-state index contributed by atoms with van der Waals surface area (Å²) >= 11 is 6.20. The molecular weight excluding hydrogens is 414 g/mol. The van der Waals surface area contributed by atoms with Crippen LogP contribution in [0.5, 0.6) is 0 Å². The zero-order chi connectivity index (χ0) is 21.0. The highest BCUT2D eigenvalue weighted by Gasteiger charge is 2.30. The number of amides is 2. The van der Waals surface area contributed by atoms with E-state index in [1.807, 2.05) is 25.1 Å². The SMILES string of the molecule is CCN(Cc1ccccc1Cl)C(=O)c1cccc(S(=O)(=O)N2CCNC(=O)C2)c1. The first-order chi connectivity index (χ1) is 13.8. The summed E-state index contributed by atoms with van der Waals surface area (Å²) in [6.07, 6.45) is 0. The van der Waals surface area contributed by atoms with Crippen LogP contribution < -0.4 is 5.32 Å². The third-order valence-electron chi connectivity index (χ3n) is 4.71. The molecule has 0 aliphatic carbocycles. The zero-order valence-electron chi connectivity index (χ0n) is 16.0. The first-order valence-corrected chi connectivity index (χ1v) is 11.0. The summed E-state index contributed by atoms with van der Waals surface area (Å²) in [5.74, 6) is -0.634. The van der Waals surface area contributed by atoms with Gasteiger partial charge in [-0.05, 0) is 36.8 Å². The fraction of sp³-hybridized carbons (Fsp3) is 0.300. The van der Waals surface area contributed by atoms with Crippen LogP contribution in [0.15, 0.2) is 53.4 Å². The Kier molecular flexibility index (Phi) is 6.56. The van der Waals surface area contributed by atoms with E-state index in [0.29, 0.717) is 18.1 Å². The van der Waals surface area contributed by atoms with E-state index in [1.165, 1.54) is 18.2 Å². The van der Waals surface area contributed by atoms with Crippen molar-refractivity contribution in [1.29, 1.82) is 0 Å². The van der Waals surface area contributed by atoms with Crippen molar-refractivity contribution in [3.8, 4) is 0 Å². The van der Waals surface area contributed by atoms with E-state index in [0.717, 1.165) is 9.87 Å². The molecule has 1 aliphatic rings. The van der Waals surface area contributed by atoms with Crippen molar-refractivity contribution >= 4 is 33.4 Å². The highest BCUT2D eigenvalue weighted by molar-refractivity contribution is 7.89. The van der Waals surface area contributed by atoms with E-state index in [1.54, 1.807) is 17.0 Å². The summed E-state index contributed by atoms with van der Waals surface area (Å²) in [5.41, 5.74) is 1.08.